The Balaban J connectivity index is 2.71. The quantitative estimate of drug-likeness (QED) is 0.753. The molecule has 0 N–H and O–H groups in total. The summed E-state index contributed by atoms with van der Waals surface area (Å²) in [6.45, 7) is -2.60. The molecule has 0 spiro atoms. The van der Waals surface area contributed by atoms with Gasteiger partial charge in [-0.2, -0.15) is 0 Å². The number of benzene rings is 1. The maximum Gasteiger partial charge on any atom is 0.0847 e. The van der Waals surface area contributed by atoms with Gasteiger partial charge in [0.05, 0.1) is 4.11 Å². The van der Waals surface area contributed by atoms with Gasteiger partial charge in [0, 0.05) is 26.0 Å². The van der Waals surface area contributed by atoms with Gasteiger partial charge in [-0.15, -0.1) is 0 Å². The van der Waals surface area contributed by atoms with Crippen molar-refractivity contribution in [3.63, 3.8) is 0 Å². The van der Waals surface area contributed by atoms with Crippen molar-refractivity contribution in [3.8, 4) is 11.1 Å². The molecule has 0 bridgehead atoms. The summed E-state index contributed by atoms with van der Waals surface area (Å²) in [5.74, 6) is 0. The first-order valence-corrected chi connectivity index (χ1v) is 4.75. The first-order valence-electron chi connectivity index (χ1n) is 6.96. The van der Waals surface area contributed by atoms with E-state index in [1.807, 2.05) is 0 Å². The van der Waals surface area contributed by atoms with Crippen LogP contribution in [0, 0.1) is 6.85 Å². The maximum atomic E-state index is 7.95. The lowest BCUT2D eigenvalue weighted by atomic mass is 10.1. The van der Waals surface area contributed by atoms with Gasteiger partial charge < -0.3 is 0 Å². The predicted octanol–water partition coefficient (Wildman–Crippen LogP) is 3.82. The van der Waals surface area contributed by atoms with Crippen molar-refractivity contribution in [2.75, 3.05) is 0 Å². The van der Waals surface area contributed by atoms with E-state index < -0.39 is 18.6 Å². The van der Waals surface area contributed by atoms with Gasteiger partial charge in [0.1, 0.15) is 0 Å². The van der Waals surface area contributed by atoms with Crippen molar-refractivity contribution in [1.82, 2.24) is 4.98 Å². The van der Waals surface area contributed by atoms with Gasteiger partial charge in [-0.25, -0.2) is 0 Å². The number of aromatic nitrogens is 1. The van der Waals surface area contributed by atoms with Gasteiger partial charge in [-0.3, -0.25) is 4.98 Å². The zero-order valence-corrected chi connectivity index (χ0v) is 8.72. The van der Waals surface area contributed by atoms with E-state index in [0.717, 1.165) is 4.47 Å². The Hall–Kier alpha value is -1.15. The molecule has 0 saturated carbocycles. The number of aryl methyl sites for hydroxylation is 1. The van der Waals surface area contributed by atoms with Crippen LogP contribution in [0.4, 0.5) is 0 Å². The van der Waals surface area contributed by atoms with Crippen LogP contribution in [0.1, 0.15) is 13.9 Å². The zero-order valence-electron chi connectivity index (χ0n) is 13.1. The van der Waals surface area contributed by atoms with Crippen molar-refractivity contribution in [2.45, 2.75) is 6.85 Å². The van der Waals surface area contributed by atoms with Gasteiger partial charge in [0.15, 0.2) is 0 Å². The number of pyridine rings is 1. The molecular weight excluding hydrogens is 238 g/mol. The lowest BCUT2D eigenvalue weighted by Gasteiger charge is -2.01. The number of hydrogen-bond donors (Lipinski definition) is 0. The van der Waals surface area contributed by atoms with Crippen LogP contribution in [-0.2, 0) is 0 Å². The SMILES string of the molecule is [2H]c1nc(C([2H])([2H])[2H])c([2H])c([2H])c1-c1cccc(Br)c1. The minimum atomic E-state index is -2.60. The highest BCUT2D eigenvalue weighted by atomic mass is 79.9. The van der Waals surface area contributed by atoms with Crippen molar-refractivity contribution in [2.24, 2.45) is 0 Å². The third kappa shape index (κ3) is 2.02. The highest BCUT2D eigenvalue weighted by molar-refractivity contribution is 9.10. The first kappa shape index (κ1) is 4.58. The molecule has 0 aliphatic heterocycles. The van der Waals surface area contributed by atoms with E-state index in [1.54, 1.807) is 24.3 Å². The van der Waals surface area contributed by atoms with E-state index >= 15 is 0 Å². The van der Waals surface area contributed by atoms with E-state index in [9.17, 15) is 0 Å². The van der Waals surface area contributed by atoms with Crippen LogP contribution in [0.15, 0.2) is 47.0 Å². The Morgan fingerprint density at radius 2 is 2.29 bits per heavy atom. The molecule has 0 atom stereocenters. The summed E-state index contributed by atoms with van der Waals surface area (Å²) in [6.07, 6.45) is -0.310. The van der Waals surface area contributed by atoms with E-state index in [2.05, 4.69) is 20.9 Å². The van der Waals surface area contributed by atoms with E-state index in [1.165, 1.54) is 0 Å². The lowest BCUT2D eigenvalue weighted by Crippen LogP contribution is -1.82. The van der Waals surface area contributed by atoms with Crippen LogP contribution >= 0.6 is 15.9 Å². The Morgan fingerprint density at radius 3 is 3.07 bits per heavy atom. The van der Waals surface area contributed by atoms with Gasteiger partial charge >= 0.3 is 0 Å². The van der Waals surface area contributed by atoms with Gasteiger partial charge in [0.2, 0.25) is 0 Å². The monoisotopic (exact) mass is 253 g/mol. The summed E-state index contributed by atoms with van der Waals surface area (Å²) in [4.78, 5) is 3.69. The second-order valence-corrected chi connectivity index (χ2v) is 3.62. The number of nitrogens with zero attached hydrogens (tertiary/aromatic N) is 1. The summed E-state index contributed by atoms with van der Waals surface area (Å²) >= 11 is 3.29. The number of hydrogen-bond acceptors (Lipinski definition) is 1. The zero-order chi connectivity index (χ0) is 15.1. The van der Waals surface area contributed by atoms with Crippen LogP contribution < -0.4 is 0 Å². The lowest BCUT2D eigenvalue weighted by molar-refractivity contribution is 1.20. The third-order valence-electron chi connectivity index (χ3n) is 1.70. The summed E-state index contributed by atoms with van der Waals surface area (Å²) in [5.41, 5.74) is 0.197. The number of halogens is 1. The molecule has 0 amide bonds. The fourth-order valence-electron chi connectivity index (χ4n) is 1.07. The summed E-state index contributed by atoms with van der Waals surface area (Å²) in [6, 6.07) is 6.15. The fourth-order valence-corrected chi connectivity index (χ4v) is 1.47. The average molecular weight is 254 g/mol. The van der Waals surface area contributed by atoms with Gasteiger partial charge in [-0.1, -0.05) is 34.1 Å². The predicted molar refractivity (Wildman–Crippen MR) is 62.1 cm³/mol. The van der Waals surface area contributed by atoms with Crippen LogP contribution in [0.2, 0.25) is 0 Å². The van der Waals surface area contributed by atoms with Gasteiger partial charge in [0.25, 0.3) is 0 Å². The molecule has 2 heteroatoms. The number of rotatable bonds is 1. The molecule has 2 rings (SSSR count). The second kappa shape index (κ2) is 3.93. The molecule has 14 heavy (non-hydrogen) atoms. The molecule has 0 aliphatic carbocycles. The topological polar surface area (TPSA) is 12.9 Å². The fraction of sp³-hybridized carbons (Fsp3) is 0.0833. The first-order chi connectivity index (χ1) is 9.21. The standard InChI is InChI=1S/C12H10BrN/c1-9-5-6-11(8-14-9)10-3-2-4-12(13)7-10/h2-8H,1H3/i1D3,5D,6D,8D. The van der Waals surface area contributed by atoms with Crippen molar-refractivity contribution < 1.29 is 8.22 Å². The molecule has 1 aromatic carbocycles. The Bertz CT molecular complexity index is 668. The van der Waals surface area contributed by atoms with Crippen LogP contribution in [0.5, 0.6) is 0 Å². The second-order valence-electron chi connectivity index (χ2n) is 2.71. The molecule has 0 saturated heterocycles. The molecule has 0 aliphatic rings. The molecule has 0 fully saturated rings. The van der Waals surface area contributed by atoms with Crippen LogP contribution in [0.25, 0.3) is 11.1 Å². The van der Waals surface area contributed by atoms with E-state index in [4.69, 9.17) is 8.22 Å². The minimum absolute atomic E-state index is 0.157. The summed E-state index contributed by atoms with van der Waals surface area (Å²) in [7, 11) is 0. The molecule has 1 heterocycles. The smallest absolute Gasteiger partial charge is 0.0847 e. The largest absolute Gasteiger partial charge is 0.261 e. The molecule has 0 radical (unpaired) electrons. The highest BCUT2D eigenvalue weighted by Gasteiger charge is 1.97. The van der Waals surface area contributed by atoms with Gasteiger partial charge in [-0.05, 0) is 30.6 Å². The van der Waals surface area contributed by atoms with E-state index in [-0.39, 0.29) is 17.8 Å². The van der Waals surface area contributed by atoms with Crippen molar-refractivity contribution in [3.05, 3.63) is 52.7 Å². The summed E-state index contributed by atoms with van der Waals surface area (Å²) < 4.78 is 46.2. The van der Waals surface area contributed by atoms with Crippen molar-refractivity contribution in [1.29, 1.82) is 0 Å². The molecule has 1 aromatic heterocycles. The van der Waals surface area contributed by atoms with E-state index in [0.29, 0.717) is 5.56 Å². The molecule has 2 aromatic rings. The van der Waals surface area contributed by atoms with Crippen LogP contribution in [0.3, 0.4) is 0 Å². The maximum absolute atomic E-state index is 7.95. The molecule has 0 unspecified atom stereocenters. The van der Waals surface area contributed by atoms with Crippen molar-refractivity contribution >= 4 is 15.9 Å². The summed E-state index contributed by atoms with van der Waals surface area (Å²) in [5, 5.41) is 0. The average Bonchev–Trinajstić information content (AvgIpc) is 2.33. The molecular formula is C12H10BrN. The van der Waals surface area contributed by atoms with Crippen LogP contribution in [-0.4, -0.2) is 4.98 Å². The third-order valence-corrected chi connectivity index (χ3v) is 2.19. The molecule has 1 nitrogen and oxygen atoms in total. The molecule has 70 valence electrons. The Kier molecular flexibility index (Phi) is 1.28. The minimum Gasteiger partial charge on any atom is -0.261 e. The highest BCUT2D eigenvalue weighted by Crippen LogP contribution is 2.22. The Morgan fingerprint density at radius 1 is 1.36 bits per heavy atom. The Labute approximate surface area is 100 Å². The normalized spacial score (nSPS) is 17.2.